The molecule has 0 atom stereocenters. The molecule has 2 N–H and O–H groups in total. The van der Waals surface area contributed by atoms with Gasteiger partial charge in [-0.1, -0.05) is 36.9 Å². The van der Waals surface area contributed by atoms with Gasteiger partial charge in [0.2, 0.25) is 0 Å². The minimum absolute atomic E-state index is 0.0338. The number of allylic oxidation sites excluding steroid dienone is 1. The second kappa shape index (κ2) is 12.6. The van der Waals surface area contributed by atoms with Crippen molar-refractivity contribution in [1.29, 1.82) is 0 Å². The highest BCUT2D eigenvalue weighted by Gasteiger charge is 2.41. The number of benzene rings is 2. The molecule has 0 radical (unpaired) electrons. The van der Waals surface area contributed by atoms with E-state index < -0.39 is 29.2 Å². The van der Waals surface area contributed by atoms with E-state index in [-0.39, 0.29) is 24.1 Å². The van der Waals surface area contributed by atoms with E-state index in [1.165, 1.54) is 11.1 Å². The van der Waals surface area contributed by atoms with Crippen LogP contribution in [0.1, 0.15) is 32.1 Å². The summed E-state index contributed by atoms with van der Waals surface area (Å²) in [6.45, 7) is 3.71. The summed E-state index contributed by atoms with van der Waals surface area (Å²) in [4.78, 5) is 29.5. The number of nitrogens with one attached hydrogen (secondary N) is 1. The highest BCUT2D eigenvalue weighted by atomic mass is 19.4. The number of rotatable bonds is 8. The third-order valence-corrected chi connectivity index (χ3v) is 7.51. The van der Waals surface area contributed by atoms with Crippen LogP contribution in [0.15, 0.2) is 109 Å². The standard InChI is InChI=1S/C33H30F3N3O4/c1-21-18-29(33(34,35)36)28(20-39(21)30-4-2-3-17-37-30)32(42)38-25-11-7-23(8-12-25)24-9-15-27(16-10-24)43-26-13-5-22(6-14-26)19-31(40)41/h2-4,7-12,15-18,20,22,26H,1,5-6,13-14,19H2,(H,38,42)(H,40,41). The van der Waals surface area contributed by atoms with Crippen LogP contribution in [0.25, 0.3) is 11.1 Å². The van der Waals surface area contributed by atoms with Gasteiger partial charge in [-0.25, -0.2) is 4.98 Å². The molecule has 1 amide bonds. The summed E-state index contributed by atoms with van der Waals surface area (Å²) < 4.78 is 47.7. The van der Waals surface area contributed by atoms with Gasteiger partial charge in [0.1, 0.15) is 11.6 Å². The van der Waals surface area contributed by atoms with Crippen LogP contribution in [0, 0.1) is 5.92 Å². The highest BCUT2D eigenvalue weighted by molar-refractivity contribution is 6.08. The maximum atomic E-state index is 13.9. The van der Waals surface area contributed by atoms with Crippen molar-refractivity contribution in [2.45, 2.75) is 44.4 Å². The van der Waals surface area contributed by atoms with Crippen molar-refractivity contribution in [3.05, 3.63) is 109 Å². The molecule has 2 aromatic carbocycles. The van der Waals surface area contributed by atoms with Crippen LogP contribution in [0.3, 0.4) is 0 Å². The Morgan fingerprint density at radius 3 is 2.21 bits per heavy atom. The Hall–Kier alpha value is -4.86. The molecule has 0 spiro atoms. The fourth-order valence-electron chi connectivity index (χ4n) is 5.28. The number of carboxylic acids is 1. The number of alkyl halides is 3. The van der Waals surface area contributed by atoms with Crippen LogP contribution < -0.4 is 15.0 Å². The van der Waals surface area contributed by atoms with Crippen molar-refractivity contribution in [3.63, 3.8) is 0 Å². The molecule has 1 aromatic heterocycles. The Bertz CT molecular complexity index is 1540. The lowest BCUT2D eigenvalue weighted by molar-refractivity contribution is -0.138. The van der Waals surface area contributed by atoms with Crippen molar-refractivity contribution in [2.24, 2.45) is 5.92 Å². The normalized spacial score (nSPS) is 18.9. The molecular weight excluding hydrogens is 559 g/mol. The summed E-state index contributed by atoms with van der Waals surface area (Å²) in [7, 11) is 0. The van der Waals surface area contributed by atoms with Gasteiger partial charge in [0.25, 0.3) is 5.91 Å². The Morgan fingerprint density at radius 1 is 0.977 bits per heavy atom. The molecular formula is C33H30F3N3O4. The number of halogens is 3. The van der Waals surface area contributed by atoms with Gasteiger partial charge in [-0.05, 0) is 85.2 Å². The van der Waals surface area contributed by atoms with E-state index in [0.717, 1.165) is 54.8 Å². The summed E-state index contributed by atoms with van der Waals surface area (Å²) in [5.41, 5.74) is 0.478. The van der Waals surface area contributed by atoms with Gasteiger partial charge in [-0.15, -0.1) is 0 Å². The summed E-state index contributed by atoms with van der Waals surface area (Å²) >= 11 is 0. The fourth-order valence-corrected chi connectivity index (χ4v) is 5.28. The first-order valence-corrected chi connectivity index (χ1v) is 13.9. The quantitative estimate of drug-likeness (QED) is 0.283. The van der Waals surface area contributed by atoms with Gasteiger partial charge < -0.3 is 20.1 Å². The number of ether oxygens (including phenoxy) is 1. The number of carbonyl (C=O) groups is 2. The lowest BCUT2D eigenvalue weighted by Gasteiger charge is -2.28. The topological polar surface area (TPSA) is 91.8 Å². The summed E-state index contributed by atoms with van der Waals surface area (Å²) in [5, 5.41) is 11.6. The van der Waals surface area contributed by atoms with Gasteiger partial charge >= 0.3 is 12.1 Å². The number of hydrogen-bond acceptors (Lipinski definition) is 5. The highest BCUT2D eigenvalue weighted by Crippen LogP contribution is 2.37. The zero-order valence-corrected chi connectivity index (χ0v) is 23.2. The number of hydrogen-bond donors (Lipinski definition) is 2. The summed E-state index contributed by atoms with van der Waals surface area (Å²) in [6, 6.07) is 19.3. The Labute approximate surface area is 247 Å². The Balaban J connectivity index is 1.23. The largest absolute Gasteiger partial charge is 0.490 e. The average molecular weight is 590 g/mol. The first-order valence-electron chi connectivity index (χ1n) is 13.9. The third kappa shape index (κ3) is 7.32. The number of anilines is 2. The molecule has 10 heteroatoms. The first-order chi connectivity index (χ1) is 20.6. The maximum absolute atomic E-state index is 13.9. The van der Waals surface area contributed by atoms with Crippen LogP contribution in [-0.2, 0) is 9.59 Å². The van der Waals surface area contributed by atoms with Crippen molar-refractivity contribution in [2.75, 3.05) is 10.2 Å². The van der Waals surface area contributed by atoms with Crippen LogP contribution in [0.4, 0.5) is 24.7 Å². The Morgan fingerprint density at radius 2 is 1.63 bits per heavy atom. The monoisotopic (exact) mass is 589 g/mol. The molecule has 222 valence electrons. The molecule has 1 fully saturated rings. The number of amides is 1. The van der Waals surface area contributed by atoms with Crippen molar-refractivity contribution >= 4 is 23.4 Å². The second-order valence-electron chi connectivity index (χ2n) is 10.6. The average Bonchev–Trinajstić information content (AvgIpc) is 2.98. The van der Waals surface area contributed by atoms with Gasteiger partial charge in [0.15, 0.2) is 0 Å². The van der Waals surface area contributed by atoms with Crippen molar-refractivity contribution in [1.82, 2.24) is 4.98 Å². The minimum atomic E-state index is -4.76. The van der Waals surface area contributed by atoms with Gasteiger partial charge in [0.05, 0.1) is 17.3 Å². The molecule has 0 saturated heterocycles. The molecule has 2 heterocycles. The minimum Gasteiger partial charge on any atom is -0.490 e. The van der Waals surface area contributed by atoms with Crippen LogP contribution in [0.2, 0.25) is 0 Å². The molecule has 7 nitrogen and oxygen atoms in total. The van der Waals surface area contributed by atoms with Crippen molar-refractivity contribution in [3.8, 4) is 16.9 Å². The smallest absolute Gasteiger partial charge is 0.417 e. The number of aliphatic carboxylic acids is 1. The number of carbonyl (C=O) groups excluding carboxylic acids is 1. The van der Waals surface area contributed by atoms with Gasteiger partial charge in [-0.2, -0.15) is 13.2 Å². The summed E-state index contributed by atoms with van der Waals surface area (Å²) in [6.07, 6.45) is 2.24. The van der Waals surface area contributed by atoms with Crippen molar-refractivity contribution < 1.29 is 32.6 Å². The predicted molar refractivity (Wildman–Crippen MR) is 157 cm³/mol. The zero-order chi connectivity index (χ0) is 30.6. The van der Waals surface area contributed by atoms with E-state index in [1.807, 2.05) is 24.3 Å². The first kappa shape index (κ1) is 29.6. The lowest BCUT2D eigenvalue weighted by atomic mass is 9.85. The number of nitrogens with zero attached hydrogens (tertiary/aromatic N) is 2. The molecule has 3 aromatic rings. The molecule has 2 aliphatic rings. The van der Waals surface area contributed by atoms with E-state index in [1.54, 1.807) is 42.5 Å². The lowest BCUT2D eigenvalue weighted by Crippen LogP contribution is -2.30. The Kier molecular flexibility index (Phi) is 8.66. The fraction of sp³-hybridized carbons (Fsp3) is 0.242. The zero-order valence-electron chi connectivity index (χ0n) is 23.2. The van der Waals surface area contributed by atoms with E-state index >= 15 is 0 Å². The molecule has 5 rings (SSSR count). The van der Waals surface area contributed by atoms with E-state index in [9.17, 15) is 22.8 Å². The van der Waals surface area contributed by atoms with Gasteiger partial charge in [0, 0.05) is 30.2 Å². The number of pyridine rings is 1. The molecule has 1 aliphatic carbocycles. The number of carboxylic acid groups (broad SMARTS) is 1. The molecule has 0 bridgehead atoms. The van der Waals surface area contributed by atoms with Crippen LogP contribution in [-0.4, -0.2) is 34.2 Å². The van der Waals surface area contributed by atoms with Gasteiger partial charge in [-0.3, -0.25) is 9.59 Å². The van der Waals surface area contributed by atoms with Crippen LogP contribution >= 0.6 is 0 Å². The van der Waals surface area contributed by atoms with E-state index in [0.29, 0.717) is 11.5 Å². The summed E-state index contributed by atoms with van der Waals surface area (Å²) in [5.74, 6) is -0.408. The third-order valence-electron chi connectivity index (χ3n) is 7.51. The molecule has 1 aliphatic heterocycles. The SMILES string of the molecule is C=C1C=C(C(F)(F)F)C(C(=O)Nc2ccc(-c3ccc(OC4CCC(CC(=O)O)CC4)cc3)cc2)=CN1c1ccccn1. The van der Waals surface area contributed by atoms with E-state index in [4.69, 9.17) is 9.84 Å². The number of aromatic nitrogens is 1. The molecule has 43 heavy (non-hydrogen) atoms. The van der Waals surface area contributed by atoms with Crippen LogP contribution in [0.5, 0.6) is 5.75 Å². The molecule has 0 unspecified atom stereocenters. The maximum Gasteiger partial charge on any atom is 0.417 e. The predicted octanol–water partition coefficient (Wildman–Crippen LogP) is 7.51. The molecule has 1 saturated carbocycles. The second-order valence-corrected chi connectivity index (χ2v) is 10.6. The van der Waals surface area contributed by atoms with E-state index in [2.05, 4.69) is 16.9 Å².